The van der Waals surface area contributed by atoms with Crippen molar-refractivity contribution in [3.8, 4) is 11.5 Å². The molecule has 1 saturated heterocycles. The number of carbonyl (C=O) groups is 1. The summed E-state index contributed by atoms with van der Waals surface area (Å²) in [5, 5.41) is 20.3. The van der Waals surface area contributed by atoms with Gasteiger partial charge >= 0.3 is 0 Å². The van der Waals surface area contributed by atoms with Crippen LogP contribution in [0.5, 0.6) is 11.5 Å². The highest BCUT2D eigenvalue weighted by Gasteiger charge is 2.27. The van der Waals surface area contributed by atoms with Crippen LogP contribution in [0.1, 0.15) is 19.8 Å². The Bertz CT molecular complexity index is 1160. The Labute approximate surface area is 197 Å². The van der Waals surface area contributed by atoms with Gasteiger partial charge in [-0.15, -0.1) is 0 Å². The maximum absolute atomic E-state index is 12.2. The molecule has 1 fully saturated rings. The van der Waals surface area contributed by atoms with Gasteiger partial charge in [0.2, 0.25) is 5.91 Å². The van der Waals surface area contributed by atoms with Crippen LogP contribution in [0.2, 0.25) is 0 Å². The lowest BCUT2D eigenvalue weighted by molar-refractivity contribution is -0.133. The van der Waals surface area contributed by atoms with E-state index in [0.29, 0.717) is 57.1 Å². The normalized spacial score (nSPS) is 15.9. The Morgan fingerprint density at radius 1 is 1.28 bits per heavy atom. The van der Waals surface area contributed by atoms with Crippen molar-refractivity contribution in [2.75, 3.05) is 18.8 Å². The number of phenols is 2. The van der Waals surface area contributed by atoms with Gasteiger partial charge in [0, 0.05) is 29.0 Å². The summed E-state index contributed by atoms with van der Waals surface area (Å²) in [7, 11) is 0. The number of nitrogen functional groups attached to an aromatic ring is 1. The molecule has 32 heavy (non-hydrogen) atoms. The molecular formula is C20H24BrN7O3S. The number of rotatable bonds is 5. The van der Waals surface area contributed by atoms with E-state index in [1.54, 1.807) is 6.92 Å². The van der Waals surface area contributed by atoms with Crippen LogP contribution in [-0.2, 0) is 11.3 Å². The molecule has 12 heteroatoms. The van der Waals surface area contributed by atoms with Crippen LogP contribution >= 0.6 is 27.7 Å². The molecule has 1 amide bonds. The summed E-state index contributed by atoms with van der Waals surface area (Å²) in [6, 6.07) is 2.41. The number of amides is 1. The number of phenolic OH excluding ortho intramolecular Hbond substituents is 2. The molecule has 0 bridgehead atoms. The Morgan fingerprint density at radius 3 is 2.66 bits per heavy atom. The molecular weight excluding hydrogens is 498 g/mol. The first-order chi connectivity index (χ1) is 15.2. The van der Waals surface area contributed by atoms with E-state index in [-0.39, 0.29) is 17.4 Å². The number of benzene rings is 1. The predicted octanol–water partition coefficient (Wildman–Crippen LogP) is 2.32. The molecule has 0 aliphatic carbocycles. The van der Waals surface area contributed by atoms with Crippen LogP contribution in [0.15, 0.2) is 33.0 Å². The molecule has 0 spiro atoms. The summed E-state index contributed by atoms with van der Waals surface area (Å²) in [6.07, 6.45) is 3.09. The van der Waals surface area contributed by atoms with Crippen LogP contribution in [0, 0.1) is 5.92 Å². The number of aromatic hydroxyl groups is 2. The van der Waals surface area contributed by atoms with Gasteiger partial charge in [0.25, 0.3) is 0 Å². The molecule has 0 radical (unpaired) electrons. The van der Waals surface area contributed by atoms with E-state index in [1.807, 2.05) is 9.47 Å². The fraction of sp³-hybridized carbons (Fsp3) is 0.400. The third-order valence-corrected chi connectivity index (χ3v) is 7.48. The fourth-order valence-electron chi connectivity index (χ4n) is 3.77. The zero-order valence-corrected chi connectivity index (χ0v) is 19.8. The number of hydrogen-bond donors (Lipinski definition) is 4. The fourth-order valence-corrected chi connectivity index (χ4v) is 5.27. The lowest BCUT2D eigenvalue weighted by Gasteiger charge is -2.33. The smallest absolute Gasteiger partial charge is 0.239 e. The lowest BCUT2D eigenvalue weighted by Crippen LogP contribution is -2.46. The van der Waals surface area contributed by atoms with Crippen molar-refractivity contribution >= 4 is 50.6 Å². The summed E-state index contributed by atoms with van der Waals surface area (Å²) >= 11 is 4.75. The topological polar surface area (TPSA) is 156 Å². The van der Waals surface area contributed by atoms with Crippen LogP contribution in [-0.4, -0.2) is 59.7 Å². The van der Waals surface area contributed by atoms with Crippen LogP contribution in [0.4, 0.5) is 5.82 Å². The molecule has 3 heterocycles. The highest BCUT2D eigenvalue weighted by atomic mass is 79.9. The molecule has 6 N–H and O–H groups in total. The lowest BCUT2D eigenvalue weighted by atomic mass is 9.96. The molecule has 1 aliphatic rings. The summed E-state index contributed by atoms with van der Waals surface area (Å²) in [5.41, 5.74) is 12.9. The van der Waals surface area contributed by atoms with Crippen molar-refractivity contribution in [1.29, 1.82) is 0 Å². The average molecular weight is 522 g/mol. The Balaban J connectivity index is 1.62. The number of halogens is 1. The van der Waals surface area contributed by atoms with Gasteiger partial charge in [0.1, 0.15) is 6.33 Å². The summed E-state index contributed by atoms with van der Waals surface area (Å²) < 4.78 is 2.63. The van der Waals surface area contributed by atoms with Gasteiger partial charge in [0.05, 0.1) is 6.04 Å². The first-order valence-corrected chi connectivity index (χ1v) is 11.8. The number of imidazole rings is 1. The SMILES string of the molecule is C[C@@H](N)C(=O)N1CCC(Cn2c(Sc3cc(O)c(O)cc3Br)nc3c(N)ncnc32)CC1. The van der Waals surface area contributed by atoms with E-state index in [9.17, 15) is 15.0 Å². The molecule has 1 atom stereocenters. The second-order valence-corrected chi connectivity index (χ2v) is 9.73. The van der Waals surface area contributed by atoms with Crippen molar-refractivity contribution in [3.63, 3.8) is 0 Å². The van der Waals surface area contributed by atoms with Gasteiger partial charge < -0.3 is 31.1 Å². The van der Waals surface area contributed by atoms with Crippen molar-refractivity contribution < 1.29 is 15.0 Å². The van der Waals surface area contributed by atoms with Gasteiger partial charge in [-0.25, -0.2) is 15.0 Å². The van der Waals surface area contributed by atoms with Crippen molar-refractivity contribution in [2.45, 2.75) is 42.4 Å². The molecule has 4 rings (SSSR count). The van der Waals surface area contributed by atoms with Crippen LogP contribution in [0.3, 0.4) is 0 Å². The minimum absolute atomic E-state index is 0.0229. The predicted molar refractivity (Wildman–Crippen MR) is 124 cm³/mol. The van der Waals surface area contributed by atoms with E-state index < -0.39 is 6.04 Å². The Hall–Kier alpha value is -2.57. The quantitative estimate of drug-likeness (QED) is 0.369. The number of hydrogen-bond acceptors (Lipinski definition) is 9. The van der Waals surface area contributed by atoms with E-state index in [1.165, 1.54) is 30.2 Å². The molecule has 2 aromatic heterocycles. The molecule has 3 aromatic rings. The highest BCUT2D eigenvalue weighted by Crippen LogP contribution is 2.41. The van der Waals surface area contributed by atoms with Crippen LogP contribution in [0.25, 0.3) is 11.2 Å². The van der Waals surface area contributed by atoms with Gasteiger partial charge in [-0.3, -0.25) is 4.79 Å². The Kier molecular flexibility index (Phi) is 6.45. The number of fused-ring (bicyclic) bond motifs is 1. The first-order valence-electron chi connectivity index (χ1n) is 10.1. The minimum atomic E-state index is -0.494. The summed E-state index contributed by atoms with van der Waals surface area (Å²) in [5.74, 6) is 0.157. The number of nitrogens with zero attached hydrogens (tertiary/aromatic N) is 5. The number of anilines is 1. The van der Waals surface area contributed by atoms with Crippen molar-refractivity contribution in [3.05, 3.63) is 22.9 Å². The van der Waals surface area contributed by atoms with Crippen LogP contribution < -0.4 is 11.5 Å². The molecule has 0 saturated carbocycles. The average Bonchev–Trinajstić information content (AvgIpc) is 3.10. The maximum atomic E-state index is 12.2. The van der Waals surface area contributed by atoms with E-state index >= 15 is 0 Å². The summed E-state index contributed by atoms with van der Waals surface area (Å²) in [6.45, 7) is 3.68. The molecule has 1 aliphatic heterocycles. The third kappa shape index (κ3) is 4.48. The molecule has 0 unspecified atom stereocenters. The van der Waals surface area contributed by atoms with Crippen molar-refractivity contribution in [2.24, 2.45) is 11.7 Å². The van der Waals surface area contributed by atoms with E-state index in [4.69, 9.17) is 11.5 Å². The van der Waals surface area contributed by atoms with Crippen molar-refractivity contribution in [1.82, 2.24) is 24.4 Å². The maximum Gasteiger partial charge on any atom is 0.239 e. The third-order valence-electron chi connectivity index (χ3n) is 5.51. The second-order valence-electron chi connectivity index (χ2n) is 7.87. The minimum Gasteiger partial charge on any atom is -0.504 e. The highest BCUT2D eigenvalue weighted by molar-refractivity contribution is 9.10. The number of carbonyl (C=O) groups excluding carboxylic acids is 1. The number of nitrogens with two attached hydrogens (primary N) is 2. The first kappa shape index (κ1) is 22.6. The number of aromatic nitrogens is 4. The Morgan fingerprint density at radius 2 is 1.97 bits per heavy atom. The summed E-state index contributed by atoms with van der Waals surface area (Å²) in [4.78, 5) is 27.8. The largest absolute Gasteiger partial charge is 0.504 e. The van der Waals surface area contributed by atoms with Gasteiger partial charge in [-0.1, -0.05) is 11.8 Å². The zero-order chi connectivity index (χ0) is 23.0. The van der Waals surface area contributed by atoms with Gasteiger partial charge in [-0.2, -0.15) is 0 Å². The van der Waals surface area contributed by atoms with E-state index in [2.05, 4.69) is 30.9 Å². The monoisotopic (exact) mass is 521 g/mol. The molecule has 1 aromatic carbocycles. The standard InChI is InChI=1S/C20H24BrN7O3S/c1-10(22)19(31)27-4-2-11(3-5-27)8-28-18-16(17(23)24-9-25-18)26-20(28)32-15-7-14(30)13(29)6-12(15)21/h6-7,9-11,29-30H,2-5,8,22H2,1H3,(H2,23,24,25)/t10-/m1/s1. The number of likely N-dealkylation sites (tertiary alicyclic amines) is 1. The van der Waals surface area contributed by atoms with Gasteiger partial charge in [-0.05, 0) is 53.7 Å². The van der Waals surface area contributed by atoms with E-state index in [0.717, 1.165) is 12.8 Å². The number of piperidine rings is 1. The zero-order valence-electron chi connectivity index (χ0n) is 17.4. The molecule has 170 valence electrons. The van der Waals surface area contributed by atoms with Gasteiger partial charge in [0.15, 0.2) is 33.6 Å². The molecule has 10 nitrogen and oxygen atoms in total. The second kappa shape index (κ2) is 9.12.